The topological polar surface area (TPSA) is 62.3 Å². The van der Waals surface area contributed by atoms with Crippen LogP contribution in [0.25, 0.3) is 54.8 Å². The highest BCUT2D eigenvalue weighted by Gasteiger charge is 2.15. The first-order valence-corrected chi connectivity index (χ1v) is 10.3. The number of thiophene rings is 1. The van der Waals surface area contributed by atoms with E-state index in [1.54, 1.807) is 4.68 Å². The van der Waals surface area contributed by atoms with Crippen LogP contribution in [-0.4, -0.2) is 25.0 Å². The van der Waals surface area contributed by atoms with E-state index in [1.807, 2.05) is 49.8 Å². The Bertz CT molecular complexity index is 1530. The zero-order chi connectivity index (χ0) is 20.2. The predicted octanol–water partition coefficient (Wildman–Crippen LogP) is 5.98. The molecule has 0 aliphatic rings. The van der Waals surface area contributed by atoms with Crippen LogP contribution in [0.1, 0.15) is 0 Å². The fourth-order valence-electron chi connectivity index (χ4n) is 3.93. The van der Waals surface area contributed by atoms with Gasteiger partial charge >= 0.3 is 0 Å². The second-order valence-corrected chi connectivity index (χ2v) is 8.32. The Balaban J connectivity index is 1.52. The van der Waals surface area contributed by atoms with Gasteiger partial charge in [-0.25, -0.2) is 0 Å². The maximum Gasteiger partial charge on any atom is 0.176 e. The number of benzene rings is 2. The van der Waals surface area contributed by atoms with E-state index in [-0.39, 0.29) is 5.13 Å². The summed E-state index contributed by atoms with van der Waals surface area (Å²) in [5.41, 5.74) is 6.90. The maximum absolute atomic E-state index is 13.6. The summed E-state index contributed by atoms with van der Waals surface area (Å²) < 4.78 is 15.4. The second-order valence-electron chi connectivity index (χ2n) is 7.29. The van der Waals surface area contributed by atoms with Gasteiger partial charge in [0.05, 0.1) is 17.4 Å². The third kappa shape index (κ3) is 2.67. The van der Waals surface area contributed by atoms with Crippen LogP contribution in [0.5, 0.6) is 0 Å². The molecule has 0 amide bonds. The molecule has 0 aliphatic carbocycles. The van der Waals surface area contributed by atoms with Crippen molar-refractivity contribution in [3.05, 3.63) is 72.1 Å². The highest BCUT2D eigenvalue weighted by molar-refractivity contribution is 7.14. The summed E-state index contributed by atoms with van der Waals surface area (Å²) in [5, 5.41) is 13.9. The largest absolute Gasteiger partial charge is 0.353 e. The lowest BCUT2D eigenvalue weighted by atomic mass is 10.0. The summed E-state index contributed by atoms with van der Waals surface area (Å²) in [4.78, 5) is 4.39. The van der Waals surface area contributed by atoms with E-state index in [4.69, 9.17) is 0 Å². The molecule has 0 atom stereocenters. The SMILES string of the molecule is Cn1cc(-c2ccc3[nH]nc(-c4cc5c(-c6ccc(F)s6)cccc5[nH]4)c3c2)cn1. The van der Waals surface area contributed by atoms with Gasteiger partial charge in [0.15, 0.2) is 5.13 Å². The van der Waals surface area contributed by atoms with Gasteiger partial charge in [-0.2, -0.15) is 14.6 Å². The van der Waals surface area contributed by atoms with Gasteiger partial charge in [0.25, 0.3) is 0 Å². The van der Waals surface area contributed by atoms with E-state index >= 15 is 0 Å². The van der Waals surface area contributed by atoms with Gasteiger partial charge < -0.3 is 4.98 Å². The van der Waals surface area contributed by atoms with Crippen molar-refractivity contribution in [2.45, 2.75) is 0 Å². The van der Waals surface area contributed by atoms with Gasteiger partial charge in [-0.3, -0.25) is 9.78 Å². The average Bonchev–Trinajstić information content (AvgIpc) is 3.52. The highest BCUT2D eigenvalue weighted by Crippen LogP contribution is 2.37. The Morgan fingerprint density at radius 1 is 0.967 bits per heavy atom. The minimum absolute atomic E-state index is 0.181. The number of aryl methyl sites for hydroxylation is 1. The first kappa shape index (κ1) is 17.2. The molecule has 146 valence electrons. The summed E-state index contributed by atoms with van der Waals surface area (Å²) in [6, 6.07) is 17.7. The highest BCUT2D eigenvalue weighted by atomic mass is 32.1. The van der Waals surface area contributed by atoms with Crippen molar-refractivity contribution in [1.29, 1.82) is 0 Å². The fraction of sp³-hybridized carbons (Fsp3) is 0.0435. The molecule has 4 heterocycles. The molecule has 7 heteroatoms. The van der Waals surface area contributed by atoms with Crippen LogP contribution in [0, 0.1) is 5.13 Å². The van der Waals surface area contributed by atoms with Crippen molar-refractivity contribution in [1.82, 2.24) is 25.0 Å². The molecule has 6 aromatic rings. The van der Waals surface area contributed by atoms with Crippen molar-refractivity contribution < 1.29 is 4.39 Å². The lowest BCUT2D eigenvalue weighted by Crippen LogP contribution is -1.84. The van der Waals surface area contributed by atoms with Crippen molar-refractivity contribution in [2.75, 3.05) is 0 Å². The van der Waals surface area contributed by atoms with Gasteiger partial charge in [-0.05, 0) is 42.0 Å². The zero-order valence-electron chi connectivity index (χ0n) is 16.0. The Kier molecular flexibility index (Phi) is 3.66. The molecule has 0 spiro atoms. The summed E-state index contributed by atoms with van der Waals surface area (Å²) in [6.45, 7) is 0. The fourth-order valence-corrected chi connectivity index (χ4v) is 4.70. The van der Waals surface area contributed by atoms with Crippen molar-refractivity contribution in [2.24, 2.45) is 7.05 Å². The molecule has 2 aromatic carbocycles. The van der Waals surface area contributed by atoms with E-state index in [9.17, 15) is 4.39 Å². The summed E-state index contributed by atoms with van der Waals surface area (Å²) in [5.74, 6) is 0. The average molecular weight is 413 g/mol. The Morgan fingerprint density at radius 2 is 1.90 bits per heavy atom. The molecule has 0 bridgehead atoms. The van der Waals surface area contributed by atoms with Crippen LogP contribution < -0.4 is 0 Å². The number of halogens is 1. The number of H-pyrrole nitrogens is 2. The number of hydrogen-bond acceptors (Lipinski definition) is 3. The molecule has 0 unspecified atom stereocenters. The number of nitrogens with zero attached hydrogens (tertiary/aromatic N) is 3. The Labute approximate surface area is 174 Å². The van der Waals surface area contributed by atoms with E-state index < -0.39 is 0 Å². The normalized spacial score (nSPS) is 11.7. The number of fused-ring (bicyclic) bond motifs is 2. The number of hydrogen-bond donors (Lipinski definition) is 2. The lowest BCUT2D eigenvalue weighted by molar-refractivity contribution is 0.657. The predicted molar refractivity (Wildman–Crippen MR) is 119 cm³/mol. The molecular weight excluding hydrogens is 397 g/mol. The van der Waals surface area contributed by atoms with Crippen molar-refractivity contribution in [3.63, 3.8) is 0 Å². The minimum Gasteiger partial charge on any atom is -0.353 e. The molecule has 6 rings (SSSR count). The van der Waals surface area contributed by atoms with Crippen LogP contribution in [-0.2, 0) is 7.05 Å². The number of rotatable bonds is 3. The minimum atomic E-state index is -0.181. The smallest absolute Gasteiger partial charge is 0.176 e. The van der Waals surface area contributed by atoms with Gasteiger partial charge in [-0.15, -0.1) is 11.3 Å². The molecule has 0 saturated carbocycles. The van der Waals surface area contributed by atoms with Gasteiger partial charge in [0, 0.05) is 45.5 Å². The summed E-state index contributed by atoms with van der Waals surface area (Å²) in [7, 11) is 1.91. The van der Waals surface area contributed by atoms with Crippen molar-refractivity contribution >= 4 is 33.1 Å². The number of aromatic nitrogens is 5. The first-order chi connectivity index (χ1) is 14.7. The van der Waals surface area contributed by atoms with Gasteiger partial charge in [0.1, 0.15) is 5.69 Å². The molecule has 30 heavy (non-hydrogen) atoms. The molecule has 0 saturated heterocycles. The van der Waals surface area contributed by atoms with E-state index in [1.165, 1.54) is 6.07 Å². The Hall–Kier alpha value is -3.71. The third-order valence-corrected chi connectivity index (χ3v) is 6.27. The van der Waals surface area contributed by atoms with E-state index in [2.05, 4.69) is 38.5 Å². The lowest BCUT2D eigenvalue weighted by Gasteiger charge is -1.99. The second kappa shape index (κ2) is 6.40. The molecule has 0 radical (unpaired) electrons. The summed E-state index contributed by atoms with van der Waals surface area (Å²) >= 11 is 1.16. The van der Waals surface area contributed by atoms with Gasteiger partial charge in [0.2, 0.25) is 0 Å². The van der Waals surface area contributed by atoms with Crippen LogP contribution in [0.3, 0.4) is 0 Å². The van der Waals surface area contributed by atoms with Crippen LogP contribution in [0.2, 0.25) is 0 Å². The standard InChI is InChI=1S/C23H16FN5S/c1-29-12-14(11-25-29)13-5-6-19-17(9-13)23(28-27-19)20-10-16-15(3-2-4-18(16)26-20)21-7-8-22(24)30-21/h2-12,26H,1H3,(H,27,28). The van der Waals surface area contributed by atoms with Crippen LogP contribution in [0.4, 0.5) is 4.39 Å². The van der Waals surface area contributed by atoms with E-state index in [0.29, 0.717) is 0 Å². The molecule has 2 N–H and O–H groups in total. The van der Waals surface area contributed by atoms with Gasteiger partial charge in [-0.1, -0.05) is 18.2 Å². The zero-order valence-corrected chi connectivity index (χ0v) is 16.8. The molecule has 0 aliphatic heterocycles. The number of aromatic amines is 2. The monoisotopic (exact) mass is 413 g/mol. The summed E-state index contributed by atoms with van der Waals surface area (Å²) in [6.07, 6.45) is 3.85. The molecular formula is C23H16FN5S. The van der Waals surface area contributed by atoms with Crippen molar-refractivity contribution in [3.8, 4) is 33.0 Å². The van der Waals surface area contributed by atoms with Crippen LogP contribution >= 0.6 is 11.3 Å². The number of nitrogens with one attached hydrogen (secondary N) is 2. The molecule has 4 aromatic heterocycles. The Morgan fingerprint density at radius 3 is 2.70 bits per heavy atom. The first-order valence-electron chi connectivity index (χ1n) is 9.51. The third-order valence-electron chi connectivity index (χ3n) is 5.36. The molecule has 0 fully saturated rings. The quantitative estimate of drug-likeness (QED) is 0.375. The van der Waals surface area contributed by atoms with E-state index in [0.717, 1.165) is 66.1 Å². The maximum atomic E-state index is 13.6. The molecule has 5 nitrogen and oxygen atoms in total. The van der Waals surface area contributed by atoms with Crippen LogP contribution in [0.15, 0.2) is 67.0 Å².